The number of aromatic amines is 1. The van der Waals surface area contributed by atoms with Gasteiger partial charge in [-0.2, -0.15) is 5.10 Å². The first kappa shape index (κ1) is 16.1. The molecule has 1 aliphatic rings. The fourth-order valence-electron chi connectivity index (χ4n) is 2.61. The predicted octanol–water partition coefficient (Wildman–Crippen LogP) is 2.12. The molecule has 2 N–H and O–H groups in total. The highest BCUT2D eigenvalue weighted by Gasteiger charge is 2.31. The summed E-state index contributed by atoms with van der Waals surface area (Å²) in [6.45, 7) is 0.234. The fourth-order valence-corrected chi connectivity index (χ4v) is 2.84. The number of carbonyl (C=O) groups is 1. The monoisotopic (exact) mass is 344 g/mol. The lowest BCUT2D eigenvalue weighted by atomic mass is 10.2. The van der Waals surface area contributed by atoms with E-state index in [0.29, 0.717) is 22.8 Å². The summed E-state index contributed by atoms with van der Waals surface area (Å²) < 4.78 is 30.6. The van der Waals surface area contributed by atoms with Crippen molar-refractivity contribution in [1.29, 1.82) is 0 Å². The van der Waals surface area contributed by atoms with Crippen molar-refractivity contribution in [3.05, 3.63) is 23.4 Å². The fraction of sp³-hybridized carbons (Fsp3) is 0.429. The van der Waals surface area contributed by atoms with E-state index in [4.69, 9.17) is 16.3 Å². The van der Waals surface area contributed by atoms with Gasteiger partial charge in [0.25, 0.3) is 6.43 Å². The SMILES string of the molecule is O=C(Nc1cc(Cl)cc2cn[nH]c12)C1COCCN1CC(F)F. The van der Waals surface area contributed by atoms with E-state index in [0.717, 1.165) is 5.39 Å². The summed E-state index contributed by atoms with van der Waals surface area (Å²) in [5.74, 6) is -0.413. The summed E-state index contributed by atoms with van der Waals surface area (Å²) in [4.78, 5) is 13.9. The third kappa shape index (κ3) is 3.60. The van der Waals surface area contributed by atoms with Crippen LogP contribution >= 0.6 is 11.6 Å². The zero-order chi connectivity index (χ0) is 16.4. The van der Waals surface area contributed by atoms with Crippen LogP contribution in [-0.2, 0) is 9.53 Å². The molecular weight excluding hydrogens is 330 g/mol. The zero-order valence-electron chi connectivity index (χ0n) is 12.1. The number of hydrogen-bond acceptors (Lipinski definition) is 4. The van der Waals surface area contributed by atoms with Crippen LogP contribution in [0, 0.1) is 0 Å². The molecule has 9 heteroatoms. The molecule has 3 rings (SSSR count). The molecule has 6 nitrogen and oxygen atoms in total. The Labute approximate surface area is 135 Å². The summed E-state index contributed by atoms with van der Waals surface area (Å²) in [6.07, 6.45) is -0.919. The molecule has 124 valence electrons. The third-order valence-electron chi connectivity index (χ3n) is 3.69. The Morgan fingerprint density at radius 2 is 2.39 bits per heavy atom. The normalized spacial score (nSPS) is 19.4. The number of amides is 1. The number of anilines is 1. The van der Waals surface area contributed by atoms with E-state index >= 15 is 0 Å². The number of halogens is 3. The van der Waals surface area contributed by atoms with Gasteiger partial charge < -0.3 is 10.1 Å². The van der Waals surface area contributed by atoms with E-state index in [1.54, 1.807) is 18.3 Å². The molecule has 1 aromatic carbocycles. The smallest absolute Gasteiger partial charge is 0.251 e. The minimum atomic E-state index is -2.51. The molecule has 1 fully saturated rings. The van der Waals surface area contributed by atoms with Gasteiger partial charge in [-0.15, -0.1) is 0 Å². The molecule has 1 aromatic heterocycles. The highest BCUT2D eigenvalue weighted by molar-refractivity contribution is 6.32. The number of ether oxygens (including phenoxy) is 1. The number of rotatable bonds is 4. The summed E-state index contributed by atoms with van der Waals surface area (Å²) in [5.41, 5.74) is 1.08. The Hall–Kier alpha value is -1.77. The molecule has 0 bridgehead atoms. The van der Waals surface area contributed by atoms with Crippen molar-refractivity contribution in [3.8, 4) is 0 Å². The van der Waals surface area contributed by atoms with Gasteiger partial charge in [-0.05, 0) is 12.1 Å². The number of alkyl halides is 2. The van der Waals surface area contributed by atoms with E-state index < -0.39 is 24.9 Å². The number of nitrogens with zero attached hydrogens (tertiary/aromatic N) is 2. The van der Waals surface area contributed by atoms with Crippen LogP contribution in [0.4, 0.5) is 14.5 Å². The highest BCUT2D eigenvalue weighted by atomic mass is 35.5. The maximum Gasteiger partial charge on any atom is 0.251 e. The molecule has 2 aromatic rings. The third-order valence-corrected chi connectivity index (χ3v) is 3.90. The first-order chi connectivity index (χ1) is 11.0. The van der Waals surface area contributed by atoms with E-state index in [1.165, 1.54) is 4.90 Å². The second-order valence-corrected chi connectivity index (χ2v) is 5.69. The molecule has 2 heterocycles. The van der Waals surface area contributed by atoms with Gasteiger partial charge in [0.05, 0.1) is 37.2 Å². The second-order valence-electron chi connectivity index (χ2n) is 5.25. The van der Waals surface area contributed by atoms with Crippen LogP contribution in [0.2, 0.25) is 5.02 Å². The molecule has 0 spiro atoms. The Bertz CT molecular complexity index is 709. The number of H-pyrrole nitrogens is 1. The Morgan fingerprint density at radius 1 is 1.57 bits per heavy atom. The van der Waals surface area contributed by atoms with Gasteiger partial charge in [0.2, 0.25) is 5.91 Å². The molecule has 1 saturated heterocycles. The van der Waals surface area contributed by atoms with Crippen LogP contribution in [0.3, 0.4) is 0 Å². The highest BCUT2D eigenvalue weighted by Crippen LogP contribution is 2.26. The molecule has 23 heavy (non-hydrogen) atoms. The Balaban J connectivity index is 1.80. The zero-order valence-corrected chi connectivity index (χ0v) is 12.8. The van der Waals surface area contributed by atoms with Crippen LogP contribution in [0.15, 0.2) is 18.3 Å². The van der Waals surface area contributed by atoms with Crippen molar-refractivity contribution in [1.82, 2.24) is 15.1 Å². The lowest BCUT2D eigenvalue weighted by molar-refractivity contribution is -0.128. The van der Waals surface area contributed by atoms with Gasteiger partial charge >= 0.3 is 0 Å². The second kappa shape index (κ2) is 6.77. The van der Waals surface area contributed by atoms with Crippen LogP contribution in [-0.4, -0.2) is 59.8 Å². The first-order valence-electron chi connectivity index (χ1n) is 7.08. The maximum atomic E-state index is 12.7. The first-order valence-corrected chi connectivity index (χ1v) is 7.46. The van der Waals surface area contributed by atoms with Crippen LogP contribution in [0.25, 0.3) is 10.9 Å². The topological polar surface area (TPSA) is 70.2 Å². The maximum absolute atomic E-state index is 12.7. The van der Waals surface area contributed by atoms with Gasteiger partial charge in [0, 0.05) is 17.0 Å². The number of aromatic nitrogens is 2. The lowest BCUT2D eigenvalue weighted by Gasteiger charge is -2.34. The number of nitrogens with one attached hydrogen (secondary N) is 2. The predicted molar refractivity (Wildman–Crippen MR) is 81.9 cm³/mol. The number of fused-ring (bicyclic) bond motifs is 1. The van der Waals surface area contributed by atoms with E-state index in [-0.39, 0.29) is 13.2 Å². The van der Waals surface area contributed by atoms with Crippen LogP contribution in [0.1, 0.15) is 0 Å². The number of carbonyl (C=O) groups excluding carboxylic acids is 1. The van der Waals surface area contributed by atoms with Crippen molar-refractivity contribution < 1.29 is 18.3 Å². The average Bonchev–Trinajstić information content (AvgIpc) is 2.95. The van der Waals surface area contributed by atoms with Crippen molar-refractivity contribution in [2.75, 3.05) is 31.6 Å². The van der Waals surface area contributed by atoms with Gasteiger partial charge in [0.15, 0.2) is 0 Å². The van der Waals surface area contributed by atoms with Gasteiger partial charge in [-0.25, -0.2) is 8.78 Å². The average molecular weight is 345 g/mol. The minimum Gasteiger partial charge on any atom is -0.378 e. The summed E-state index contributed by atoms with van der Waals surface area (Å²) >= 11 is 6.02. The van der Waals surface area contributed by atoms with Gasteiger partial charge in [-0.1, -0.05) is 11.6 Å². The summed E-state index contributed by atoms with van der Waals surface area (Å²) in [7, 11) is 0. The van der Waals surface area contributed by atoms with Crippen molar-refractivity contribution >= 4 is 34.1 Å². The van der Waals surface area contributed by atoms with Crippen LogP contribution in [0.5, 0.6) is 0 Å². The molecule has 1 aliphatic heterocycles. The Kier molecular flexibility index (Phi) is 4.74. The quantitative estimate of drug-likeness (QED) is 0.891. The molecule has 0 radical (unpaired) electrons. The molecular formula is C14H15ClF2N4O2. The van der Waals surface area contributed by atoms with Crippen LogP contribution < -0.4 is 5.32 Å². The Morgan fingerprint density at radius 3 is 3.17 bits per heavy atom. The number of hydrogen-bond donors (Lipinski definition) is 2. The molecule has 1 unspecified atom stereocenters. The molecule has 0 aliphatic carbocycles. The van der Waals surface area contributed by atoms with Crippen molar-refractivity contribution in [2.24, 2.45) is 0 Å². The largest absolute Gasteiger partial charge is 0.378 e. The van der Waals surface area contributed by atoms with E-state index in [2.05, 4.69) is 15.5 Å². The number of benzene rings is 1. The van der Waals surface area contributed by atoms with E-state index in [1.807, 2.05) is 0 Å². The summed E-state index contributed by atoms with van der Waals surface area (Å²) in [6, 6.07) is 2.53. The molecule has 1 atom stereocenters. The minimum absolute atomic E-state index is 0.0746. The van der Waals surface area contributed by atoms with Gasteiger partial charge in [-0.3, -0.25) is 14.8 Å². The van der Waals surface area contributed by atoms with Gasteiger partial charge in [0.1, 0.15) is 6.04 Å². The summed E-state index contributed by atoms with van der Waals surface area (Å²) in [5, 5.41) is 10.6. The standard InChI is InChI=1S/C14H15ClF2N4O2/c15-9-3-8-5-18-20-13(8)10(4-9)19-14(22)11-7-23-2-1-21(11)6-12(16)17/h3-5,11-12H,1-2,6-7H2,(H,18,20)(H,19,22). The molecule has 1 amide bonds. The molecule has 0 saturated carbocycles. The van der Waals surface area contributed by atoms with Crippen molar-refractivity contribution in [3.63, 3.8) is 0 Å². The van der Waals surface area contributed by atoms with E-state index in [9.17, 15) is 13.6 Å². The van der Waals surface area contributed by atoms with Crippen molar-refractivity contribution in [2.45, 2.75) is 12.5 Å². The lowest BCUT2D eigenvalue weighted by Crippen LogP contribution is -2.53. The number of morpholine rings is 1.